The van der Waals surface area contributed by atoms with E-state index in [1.165, 1.54) is 0 Å². The van der Waals surface area contributed by atoms with Crippen molar-refractivity contribution in [2.24, 2.45) is 0 Å². The van der Waals surface area contributed by atoms with E-state index in [-0.39, 0.29) is 11.4 Å². The lowest BCUT2D eigenvalue weighted by molar-refractivity contribution is 0.0936. The van der Waals surface area contributed by atoms with E-state index in [4.69, 9.17) is 0 Å². The maximum atomic E-state index is 12.1. The van der Waals surface area contributed by atoms with Crippen LogP contribution in [0, 0.1) is 6.92 Å². The van der Waals surface area contributed by atoms with Crippen molar-refractivity contribution in [2.75, 3.05) is 11.9 Å². The van der Waals surface area contributed by atoms with Crippen LogP contribution >= 0.6 is 0 Å². The third kappa shape index (κ3) is 2.75. The molecule has 1 amide bonds. The normalized spacial score (nSPS) is 16.4. The smallest absolute Gasteiger partial charge is 0.255 e. The number of pyridine rings is 1. The van der Waals surface area contributed by atoms with Gasteiger partial charge in [0.15, 0.2) is 0 Å². The molecule has 2 N–H and O–H groups in total. The maximum Gasteiger partial charge on any atom is 0.255 e. The van der Waals surface area contributed by atoms with Gasteiger partial charge in [0.05, 0.1) is 11.3 Å². The first-order valence-electron chi connectivity index (χ1n) is 6.07. The van der Waals surface area contributed by atoms with E-state index in [9.17, 15) is 4.79 Å². The second-order valence-electron chi connectivity index (χ2n) is 4.92. The molecule has 0 unspecified atom stereocenters. The Bertz CT molecular complexity index is 438. The molecule has 0 atom stereocenters. The van der Waals surface area contributed by atoms with Crippen LogP contribution in [-0.4, -0.2) is 23.0 Å². The Morgan fingerprint density at radius 2 is 2.24 bits per heavy atom. The predicted molar refractivity (Wildman–Crippen MR) is 68.2 cm³/mol. The number of nitrogens with one attached hydrogen (secondary N) is 2. The van der Waals surface area contributed by atoms with Crippen LogP contribution in [-0.2, 0) is 0 Å². The number of nitrogens with zero attached hydrogens (tertiary/aromatic N) is 1. The van der Waals surface area contributed by atoms with Crippen LogP contribution in [0.5, 0.6) is 0 Å². The van der Waals surface area contributed by atoms with E-state index in [2.05, 4.69) is 22.5 Å². The molecule has 0 spiro atoms. The summed E-state index contributed by atoms with van der Waals surface area (Å²) < 4.78 is 0. The first kappa shape index (κ1) is 11.9. The molecule has 4 nitrogen and oxygen atoms in total. The molecule has 1 heterocycles. The van der Waals surface area contributed by atoms with Crippen molar-refractivity contribution in [3.63, 3.8) is 0 Å². The highest BCUT2D eigenvalue weighted by atomic mass is 16.1. The van der Waals surface area contributed by atoms with Crippen molar-refractivity contribution in [1.82, 2.24) is 10.3 Å². The van der Waals surface area contributed by atoms with Gasteiger partial charge in [-0.1, -0.05) is 0 Å². The molecule has 0 aromatic carbocycles. The Labute approximate surface area is 102 Å². The van der Waals surface area contributed by atoms with Crippen LogP contribution in [0.25, 0.3) is 0 Å². The Hall–Kier alpha value is -1.58. The number of hydrogen-bond donors (Lipinski definition) is 2. The van der Waals surface area contributed by atoms with Gasteiger partial charge in [0.25, 0.3) is 5.91 Å². The minimum Gasteiger partial charge on any atom is -0.385 e. The number of hydrogen-bond acceptors (Lipinski definition) is 3. The van der Waals surface area contributed by atoms with Gasteiger partial charge in [-0.15, -0.1) is 0 Å². The Balaban J connectivity index is 2.20. The van der Waals surface area contributed by atoms with Crippen LogP contribution in [0.4, 0.5) is 5.69 Å². The van der Waals surface area contributed by atoms with E-state index < -0.39 is 0 Å². The third-order valence-electron chi connectivity index (χ3n) is 3.07. The molecule has 1 saturated carbocycles. The highest BCUT2D eigenvalue weighted by Gasteiger charge is 2.39. The quantitative estimate of drug-likeness (QED) is 0.837. The SMILES string of the molecule is CCNc1cc(C)ncc1C(=O)NC1(C)CC1. The van der Waals surface area contributed by atoms with Gasteiger partial charge in [-0.05, 0) is 39.7 Å². The van der Waals surface area contributed by atoms with Gasteiger partial charge in [0, 0.05) is 24.0 Å². The van der Waals surface area contributed by atoms with Crippen molar-refractivity contribution in [3.8, 4) is 0 Å². The van der Waals surface area contributed by atoms with Crippen molar-refractivity contribution in [3.05, 3.63) is 23.5 Å². The third-order valence-corrected chi connectivity index (χ3v) is 3.07. The summed E-state index contributed by atoms with van der Waals surface area (Å²) in [7, 11) is 0. The minimum atomic E-state index is -0.0338. The van der Waals surface area contributed by atoms with Gasteiger partial charge in [0.1, 0.15) is 0 Å². The van der Waals surface area contributed by atoms with Crippen LogP contribution in [0.1, 0.15) is 42.7 Å². The zero-order chi connectivity index (χ0) is 12.5. The van der Waals surface area contributed by atoms with E-state index >= 15 is 0 Å². The van der Waals surface area contributed by atoms with Gasteiger partial charge < -0.3 is 10.6 Å². The lowest BCUT2D eigenvalue weighted by Gasteiger charge is -2.14. The average molecular weight is 233 g/mol. The molecule has 17 heavy (non-hydrogen) atoms. The second-order valence-corrected chi connectivity index (χ2v) is 4.92. The zero-order valence-corrected chi connectivity index (χ0v) is 10.6. The van der Waals surface area contributed by atoms with Crippen molar-refractivity contribution in [2.45, 2.75) is 39.2 Å². The fraction of sp³-hybridized carbons (Fsp3) is 0.538. The zero-order valence-electron chi connectivity index (χ0n) is 10.6. The number of aryl methyl sites for hydroxylation is 1. The van der Waals surface area contributed by atoms with Gasteiger partial charge in [-0.2, -0.15) is 0 Å². The Kier molecular flexibility index (Phi) is 3.05. The lowest BCUT2D eigenvalue weighted by Crippen LogP contribution is -2.34. The number of rotatable bonds is 4. The fourth-order valence-electron chi connectivity index (χ4n) is 1.73. The molecule has 1 aliphatic carbocycles. The summed E-state index contributed by atoms with van der Waals surface area (Å²) in [6.45, 7) is 6.80. The summed E-state index contributed by atoms with van der Waals surface area (Å²) in [5.41, 5.74) is 2.41. The predicted octanol–water partition coefficient (Wildman–Crippen LogP) is 2.10. The van der Waals surface area contributed by atoms with E-state index in [1.807, 2.05) is 19.9 Å². The molecule has 4 heteroatoms. The van der Waals surface area contributed by atoms with Crippen LogP contribution in [0.3, 0.4) is 0 Å². The first-order valence-corrected chi connectivity index (χ1v) is 6.07. The van der Waals surface area contributed by atoms with Gasteiger partial charge in [0.2, 0.25) is 0 Å². The van der Waals surface area contributed by atoms with Crippen LogP contribution < -0.4 is 10.6 Å². The molecule has 0 aliphatic heterocycles. The van der Waals surface area contributed by atoms with E-state index in [0.29, 0.717) is 5.56 Å². The number of anilines is 1. The fourth-order valence-corrected chi connectivity index (χ4v) is 1.73. The molecular formula is C13H19N3O. The molecule has 1 aromatic rings. The van der Waals surface area contributed by atoms with Crippen molar-refractivity contribution >= 4 is 11.6 Å². The second kappa shape index (κ2) is 4.35. The van der Waals surface area contributed by atoms with Gasteiger partial charge >= 0.3 is 0 Å². The summed E-state index contributed by atoms with van der Waals surface area (Å²) >= 11 is 0. The van der Waals surface area contributed by atoms with Crippen LogP contribution in [0.15, 0.2) is 12.3 Å². The summed E-state index contributed by atoms with van der Waals surface area (Å²) in [6.07, 6.45) is 3.78. The maximum absolute atomic E-state index is 12.1. The summed E-state index contributed by atoms with van der Waals surface area (Å²) in [5.74, 6) is -0.0338. The first-order chi connectivity index (χ1) is 8.04. The number of amides is 1. The molecule has 92 valence electrons. The number of carbonyl (C=O) groups excluding carboxylic acids is 1. The van der Waals surface area contributed by atoms with E-state index in [1.54, 1.807) is 6.20 Å². The van der Waals surface area contributed by atoms with Gasteiger partial charge in [-0.25, -0.2) is 0 Å². The van der Waals surface area contributed by atoms with E-state index in [0.717, 1.165) is 30.8 Å². The molecular weight excluding hydrogens is 214 g/mol. The summed E-state index contributed by atoms with van der Waals surface area (Å²) in [6, 6.07) is 1.91. The molecule has 1 aromatic heterocycles. The highest BCUT2D eigenvalue weighted by Crippen LogP contribution is 2.34. The lowest BCUT2D eigenvalue weighted by atomic mass is 10.1. The molecule has 0 radical (unpaired) electrons. The minimum absolute atomic E-state index is 0.00541. The Morgan fingerprint density at radius 1 is 1.53 bits per heavy atom. The van der Waals surface area contributed by atoms with Gasteiger partial charge in [-0.3, -0.25) is 9.78 Å². The largest absolute Gasteiger partial charge is 0.385 e. The monoisotopic (exact) mass is 233 g/mol. The molecule has 1 fully saturated rings. The summed E-state index contributed by atoms with van der Waals surface area (Å²) in [4.78, 5) is 16.3. The number of aromatic nitrogens is 1. The number of carbonyl (C=O) groups is 1. The molecule has 0 bridgehead atoms. The highest BCUT2D eigenvalue weighted by molar-refractivity contribution is 5.99. The van der Waals surface area contributed by atoms with Crippen molar-refractivity contribution < 1.29 is 4.79 Å². The van der Waals surface area contributed by atoms with Crippen molar-refractivity contribution in [1.29, 1.82) is 0 Å². The standard InChI is InChI=1S/C13H19N3O/c1-4-14-11-7-9(2)15-8-10(11)12(17)16-13(3)5-6-13/h7-8H,4-6H2,1-3H3,(H,14,15)(H,16,17). The molecule has 0 saturated heterocycles. The van der Waals surface area contributed by atoms with Crippen LogP contribution in [0.2, 0.25) is 0 Å². The average Bonchev–Trinajstić information content (AvgIpc) is 2.96. The topological polar surface area (TPSA) is 54.0 Å². The molecule has 1 aliphatic rings. The summed E-state index contributed by atoms with van der Waals surface area (Å²) in [5, 5.41) is 6.25. The Morgan fingerprint density at radius 3 is 2.82 bits per heavy atom. The molecule has 2 rings (SSSR count).